The second-order valence-electron chi connectivity index (χ2n) is 10.5. The zero-order chi connectivity index (χ0) is 33.0. The minimum Gasteiger partial charge on any atom is -0.497 e. The van der Waals surface area contributed by atoms with Crippen LogP contribution in [-0.2, 0) is 11.4 Å². The maximum atomic E-state index is 14.2. The molecule has 0 radical (unpaired) electrons. The van der Waals surface area contributed by atoms with E-state index in [9.17, 15) is 19.7 Å². The molecule has 4 aromatic rings. The fourth-order valence-corrected chi connectivity index (χ4v) is 6.40. The summed E-state index contributed by atoms with van der Waals surface area (Å²) in [4.78, 5) is 45.6. The average molecular weight is 643 g/mol. The number of hydrogen-bond donors (Lipinski definition) is 0. The molecule has 1 aromatic heterocycles. The molecule has 0 spiro atoms. The summed E-state index contributed by atoms with van der Waals surface area (Å²) in [6, 6.07) is 18.0. The maximum absolute atomic E-state index is 14.2. The molecule has 2 heterocycles. The number of likely N-dealkylation sites (N-methyl/N-ethyl adjacent to an activating group) is 1. The number of carbonyl (C=O) groups excluding carboxylic acids is 1. The minimum atomic E-state index is -0.798. The number of hydrogen-bond acceptors (Lipinski definition) is 9. The first-order chi connectivity index (χ1) is 22.2. The lowest BCUT2D eigenvalue weighted by atomic mass is 9.93. The van der Waals surface area contributed by atoms with Gasteiger partial charge in [0.25, 0.3) is 17.2 Å². The van der Waals surface area contributed by atoms with Crippen LogP contribution in [0.3, 0.4) is 0 Å². The normalized spacial score (nSPS) is 14.4. The van der Waals surface area contributed by atoms with E-state index in [0.717, 1.165) is 11.1 Å². The van der Waals surface area contributed by atoms with Gasteiger partial charge in [0.05, 0.1) is 34.9 Å². The van der Waals surface area contributed by atoms with Crippen LogP contribution in [0.15, 0.2) is 87.8 Å². The highest BCUT2D eigenvalue weighted by atomic mass is 32.1. The van der Waals surface area contributed by atoms with E-state index in [-0.39, 0.29) is 23.8 Å². The van der Waals surface area contributed by atoms with E-state index in [1.54, 1.807) is 73.1 Å². The van der Waals surface area contributed by atoms with Crippen molar-refractivity contribution < 1.29 is 23.9 Å². The number of amides is 1. The summed E-state index contributed by atoms with van der Waals surface area (Å²) in [6.45, 7) is 6.84. The molecule has 0 N–H and O–H groups in total. The molecule has 0 aliphatic carbocycles. The monoisotopic (exact) mass is 642 g/mol. The van der Waals surface area contributed by atoms with Crippen molar-refractivity contribution in [2.24, 2.45) is 4.99 Å². The van der Waals surface area contributed by atoms with Gasteiger partial charge in [-0.1, -0.05) is 23.5 Å². The van der Waals surface area contributed by atoms with Gasteiger partial charge < -0.3 is 19.1 Å². The third-order valence-electron chi connectivity index (χ3n) is 7.74. The number of non-ortho nitro benzene ring substituents is 1. The summed E-state index contributed by atoms with van der Waals surface area (Å²) in [5.41, 5.74) is 2.77. The zero-order valence-corrected chi connectivity index (χ0v) is 27.0. The first-order valence-corrected chi connectivity index (χ1v) is 15.5. The second kappa shape index (κ2) is 13.8. The van der Waals surface area contributed by atoms with Gasteiger partial charge in [-0.2, -0.15) is 0 Å². The zero-order valence-electron chi connectivity index (χ0n) is 26.2. The smallest absolute Gasteiger partial charge is 0.271 e. The quantitative estimate of drug-likeness (QED) is 0.173. The Kier molecular flexibility index (Phi) is 9.67. The number of fused-ring (bicyclic) bond motifs is 1. The highest BCUT2D eigenvalue weighted by molar-refractivity contribution is 7.07. The van der Waals surface area contributed by atoms with Gasteiger partial charge >= 0.3 is 0 Å². The molecule has 1 aliphatic heterocycles. The molecule has 1 amide bonds. The van der Waals surface area contributed by atoms with Crippen molar-refractivity contribution in [1.29, 1.82) is 0 Å². The van der Waals surface area contributed by atoms with Crippen LogP contribution in [0.4, 0.5) is 5.69 Å². The van der Waals surface area contributed by atoms with Crippen molar-refractivity contribution in [3.63, 3.8) is 0 Å². The van der Waals surface area contributed by atoms with Crippen LogP contribution in [-0.4, -0.2) is 47.6 Å². The SMILES string of the molecule is CCN(CC)C(=O)C1=C(C)N=c2s/c(=C/c3cccc(OCc4ccc([N+](=O)[O-])cc4)c3)c(=O)n2[C@@H]1c1cc(OC)ccc1OC. The molecular formula is C34H34N4O7S. The van der Waals surface area contributed by atoms with E-state index in [2.05, 4.69) is 0 Å². The van der Waals surface area contributed by atoms with E-state index < -0.39 is 11.0 Å². The van der Waals surface area contributed by atoms with Crippen molar-refractivity contribution in [3.8, 4) is 17.2 Å². The lowest BCUT2D eigenvalue weighted by molar-refractivity contribution is -0.384. The average Bonchev–Trinajstić information content (AvgIpc) is 3.37. The number of allylic oxidation sites excluding steroid dienone is 1. The summed E-state index contributed by atoms with van der Waals surface area (Å²) in [5, 5.41) is 10.9. The molecule has 238 valence electrons. The molecular weight excluding hydrogens is 608 g/mol. The number of nitro groups is 1. The largest absolute Gasteiger partial charge is 0.497 e. The van der Waals surface area contributed by atoms with Crippen LogP contribution in [0, 0.1) is 10.1 Å². The molecule has 0 bridgehead atoms. The van der Waals surface area contributed by atoms with E-state index in [4.69, 9.17) is 19.2 Å². The van der Waals surface area contributed by atoms with E-state index in [1.807, 2.05) is 32.0 Å². The number of aromatic nitrogens is 1. The summed E-state index contributed by atoms with van der Waals surface area (Å²) >= 11 is 1.24. The van der Waals surface area contributed by atoms with Gasteiger partial charge in [-0.3, -0.25) is 24.3 Å². The molecule has 12 heteroatoms. The fourth-order valence-electron chi connectivity index (χ4n) is 5.35. The first-order valence-electron chi connectivity index (χ1n) is 14.7. The molecule has 1 atom stereocenters. The Labute approximate surface area is 269 Å². The molecule has 46 heavy (non-hydrogen) atoms. The van der Waals surface area contributed by atoms with Crippen LogP contribution in [0.5, 0.6) is 17.2 Å². The number of ether oxygens (including phenoxy) is 3. The van der Waals surface area contributed by atoms with Crippen molar-refractivity contribution in [2.75, 3.05) is 27.3 Å². The molecule has 0 unspecified atom stereocenters. The topological polar surface area (TPSA) is 126 Å². The third-order valence-corrected chi connectivity index (χ3v) is 8.73. The molecule has 3 aromatic carbocycles. The number of methoxy groups -OCH3 is 2. The van der Waals surface area contributed by atoms with Crippen molar-refractivity contribution in [2.45, 2.75) is 33.4 Å². The van der Waals surface area contributed by atoms with Gasteiger partial charge in [0, 0.05) is 30.8 Å². The van der Waals surface area contributed by atoms with Gasteiger partial charge in [-0.15, -0.1) is 0 Å². The Morgan fingerprint density at radius 2 is 1.78 bits per heavy atom. The minimum absolute atomic E-state index is 0.0130. The van der Waals surface area contributed by atoms with Crippen LogP contribution in [0.2, 0.25) is 0 Å². The Balaban J connectivity index is 1.57. The Morgan fingerprint density at radius 1 is 1.04 bits per heavy atom. The predicted octanol–water partition coefficient (Wildman–Crippen LogP) is 4.61. The number of rotatable bonds is 11. The Hall–Kier alpha value is -5.23. The number of carbonyl (C=O) groups is 1. The second-order valence-corrected chi connectivity index (χ2v) is 11.5. The lowest BCUT2D eigenvalue weighted by Crippen LogP contribution is -2.43. The number of benzene rings is 3. The van der Waals surface area contributed by atoms with E-state index >= 15 is 0 Å². The highest BCUT2D eigenvalue weighted by Gasteiger charge is 2.36. The molecule has 0 saturated carbocycles. The number of thiazole rings is 1. The van der Waals surface area contributed by atoms with Crippen LogP contribution in [0.25, 0.3) is 6.08 Å². The van der Waals surface area contributed by atoms with Gasteiger partial charge in [0.2, 0.25) is 0 Å². The summed E-state index contributed by atoms with van der Waals surface area (Å²) in [5.74, 6) is 1.45. The standard InChI is InChI=1S/C34H34N4O7S/c1-6-36(7-2)33(40)30-21(3)35-34-37(31(30)27-19-25(43-4)15-16-28(27)44-5)32(39)29(46-34)18-23-9-8-10-26(17-23)45-20-22-11-13-24(14-12-22)38(41)42/h8-19,31H,6-7,20H2,1-5H3/b29-18+/t31-/m1/s1. The molecule has 0 fully saturated rings. The van der Waals surface area contributed by atoms with Crippen LogP contribution >= 0.6 is 11.3 Å². The molecule has 0 saturated heterocycles. The van der Waals surface area contributed by atoms with Crippen molar-refractivity contribution in [1.82, 2.24) is 9.47 Å². The summed E-state index contributed by atoms with van der Waals surface area (Å²) < 4.78 is 19.2. The molecule has 1 aliphatic rings. The summed E-state index contributed by atoms with van der Waals surface area (Å²) in [7, 11) is 3.11. The van der Waals surface area contributed by atoms with Gasteiger partial charge in [0.1, 0.15) is 29.9 Å². The van der Waals surface area contributed by atoms with Crippen LogP contribution in [0.1, 0.15) is 43.5 Å². The fraction of sp³-hybridized carbons (Fsp3) is 0.265. The summed E-state index contributed by atoms with van der Waals surface area (Å²) in [6.07, 6.45) is 1.77. The Morgan fingerprint density at radius 3 is 2.43 bits per heavy atom. The predicted molar refractivity (Wildman–Crippen MR) is 175 cm³/mol. The molecule has 5 rings (SSSR count). The van der Waals surface area contributed by atoms with Gasteiger partial charge in [0.15, 0.2) is 4.80 Å². The number of nitrogens with zero attached hydrogens (tertiary/aromatic N) is 4. The van der Waals surface area contributed by atoms with E-state index in [0.29, 0.717) is 56.5 Å². The van der Waals surface area contributed by atoms with E-state index in [1.165, 1.54) is 23.5 Å². The number of nitro benzene ring substituents is 1. The third kappa shape index (κ3) is 6.43. The van der Waals surface area contributed by atoms with Crippen molar-refractivity contribution >= 4 is 29.0 Å². The van der Waals surface area contributed by atoms with Crippen molar-refractivity contribution in [3.05, 3.63) is 124 Å². The highest BCUT2D eigenvalue weighted by Crippen LogP contribution is 2.38. The first kappa shape index (κ1) is 32.2. The molecule has 11 nitrogen and oxygen atoms in total. The van der Waals surface area contributed by atoms with Gasteiger partial charge in [-0.25, -0.2) is 4.99 Å². The Bertz CT molecular complexity index is 1990. The van der Waals surface area contributed by atoms with Crippen LogP contribution < -0.4 is 29.1 Å². The lowest BCUT2D eigenvalue weighted by Gasteiger charge is -2.30. The maximum Gasteiger partial charge on any atom is 0.271 e. The van der Waals surface area contributed by atoms with Gasteiger partial charge in [-0.05, 0) is 80.4 Å².